The lowest BCUT2D eigenvalue weighted by Gasteiger charge is -2.42. The maximum atomic E-state index is 13.0. The molecule has 0 aliphatic carbocycles. The Balaban J connectivity index is 1.48. The van der Waals surface area contributed by atoms with Gasteiger partial charge in [-0.05, 0) is 44.4 Å². The number of aromatic nitrogens is 1. The molecule has 7 nitrogen and oxygen atoms in total. The number of amides is 2. The lowest BCUT2D eigenvalue weighted by Crippen LogP contribution is -2.51. The molecule has 0 radical (unpaired) electrons. The molecule has 154 valence electrons. The number of ether oxygens (including phenoxy) is 1. The summed E-state index contributed by atoms with van der Waals surface area (Å²) in [5.74, 6) is -0.459. The minimum atomic E-state index is -0.443. The Morgan fingerprint density at radius 2 is 2.04 bits per heavy atom. The van der Waals surface area contributed by atoms with E-state index < -0.39 is 5.82 Å². The van der Waals surface area contributed by atoms with Crippen LogP contribution < -0.4 is 5.32 Å². The average Bonchev–Trinajstić information content (AvgIpc) is 2.74. The topological polar surface area (TPSA) is 74.8 Å². The molecule has 0 spiro atoms. The van der Waals surface area contributed by atoms with Crippen LogP contribution >= 0.6 is 0 Å². The van der Waals surface area contributed by atoms with Crippen molar-refractivity contribution < 1.29 is 18.7 Å². The largest absolute Gasteiger partial charge is 0.383 e. The highest BCUT2D eigenvalue weighted by Crippen LogP contribution is 2.24. The number of rotatable bonds is 6. The molecule has 2 saturated heterocycles. The number of carbonyl (C=O) groups excluding carboxylic acids is 2. The van der Waals surface area contributed by atoms with E-state index in [0.29, 0.717) is 32.3 Å². The van der Waals surface area contributed by atoms with Gasteiger partial charge in [0.25, 0.3) is 5.91 Å². The van der Waals surface area contributed by atoms with E-state index in [4.69, 9.17) is 4.74 Å². The second-order valence-corrected chi connectivity index (χ2v) is 7.50. The third kappa shape index (κ3) is 5.26. The van der Waals surface area contributed by atoms with Gasteiger partial charge in [0.15, 0.2) is 0 Å². The van der Waals surface area contributed by atoms with Gasteiger partial charge >= 0.3 is 0 Å². The summed E-state index contributed by atoms with van der Waals surface area (Å²) in [5.41, 5.74) is 0.283. The van der Waals surface area contributed by atoms with E-state index in [1.807, 2.05) is 0 Å². The quantitative estimate of drug-likeness (QED) is 0.739. The van der Waals surface area contributed by atoms with Crippen LogP contribution in [-0.2, 0) is 9.53 Å². The van der Waals surface area contributed by atoms with Gasteiger partial charge in [-0.1, -0.05) is 0 Å². The lowest BCUT2D eigenvalue weighted by molar-refractivity contribution is -0.127. The number of piperidine rings is 2. The van der Waals surface area contributed by atoms with Crippen LogP contribution in [0.3, 0.4) is 0 Å². The van der Waals surface area contributed by atoms with Crippen LogP contribution in [0, 0.1) is 11.7 Å². The highest BCUT2D eigenvalue weighted by atomic mass is 19.1. The van der Waals surface area contributed by atoms with Crippen molar-refractivity contribution in [3.8, 4) is 0 Å². The van der Waals surface area contributed by atoms with E-state index in [9.17, 15) is 14.0 Å². The highest BCUT2D eigenvalue weighted by molar-refractivity contribution is 5.92. The van der Waals surface area contributed by atoms with Gasteiger partial charge in [0, 0.05) is 39.3 Å². The van der Waals surface area contributed by atoms with Crippen molar-refractivity contribution in [1.82, 2.24) is 20.1 Å². The summed E-state index contributed by atoms with van der Waals surface area (Å²) in [6.45, 7) is 4.16. The molecule has 2 aliphatic rings. The molecule has 8 heteroatoms. The van der Waals surface area contributed by atoms with E-state index in [0.717, 1.165) is 45.0 Å². The first-order valence-corrected chi connectivity index (χ1v) is 10.00. The first-order chi connectivity index (χ1) is 13.6. The van der Waals surface area contributed by atoms with Crippen molar-refractivity contribution in [3.63, 3.8) is 0 Å². The highest BCUT2D eigenvalue weighted by Gasteiger charge is 2.32. The Morgan fingerprint density at radius 3 is 2.71 bits per heavy atom. The van der Waals surface area contributed by atoms with Gasteiger partial charge in [-0.25, -0.2) is 9.37 Å². The molecule has 2 fully saturated rings. The van der Waals surface area contributed by atoms with E-state index in [2.05, 4.69) is 15.2 Å². The van der Waals surface area contributed by atoms with E-state index in [1.54, 1.807) is 12.0 Å². The molecule has 2 amide bonds. The molecule has 2 aliphatic heterocycles. The van der Waals surface area contributed by atoms with Crippen LogP contribution in [0.5, 0.6) is 0 Å². The van der Waals surface area contributed by atoms with Crippen molar-refractivity contribution in [2.45, 2.75) is 31.7 Å². The van der Waals surface area contributed by atoms with Crippen LogP contribution in [0.2, 0.25) is 0 Å². The number of methoxy groups -OCH3 is 1. The molecule has 3 rings (SSSR count). The zero-order chi connectivity index (χ0) is 19.9. The summed E-state index contributed by atoms with van der Waals surface area (Å²) in [6, 6.07) is 3.08. The molecule has 0 bridgehead atoms. The first kappa shape index (κ1) is 20.7. The molecule has 3 heterocycles. The summed E-state index contributed by atoms with van der Waals surface area (Å²) in [4.78, 5) is 33.0. The second-order valence-electron chi connectivity index (χ2n) is 7.50. The standard InChI is InChI=1S/C20H29FN4O3/c1-28-12-8-22-19(26)15-3-2-9-25(14-15)17-6-10-24(11-7-17)20(27)18-5-4-16(21)13-23-18/h4-5,13,15,17H,2-3,6-12,14H2,1H3,(H,22,26). The van der Waals surface area contributed by atoms with Gasteiger partial charge in [0.2, 0.25) is 5.91 Å². The van der Waals surface area contributed by atoms with Crippen LogP contribution in [0.1, 0.15) is 36.2 Å². The van der Waals surface area contributed by atoms with Gasteiger partial charge in [-0.3, -0.25) is 14.5 Å². The average molecular weight is 392 g/mol. The molecule has 1 atom stereocenters. The number of halogens is 1. The fourth-order valence-electron chi connectivity index (χ4n) is 4.07. The molecule has 1 aromatic heterocycles. The van der Waals surface area contributed by atoms with Crippen LogP contribution in [-0.4, -0.2) is 79.1 Å². The van der Waals surface area contributed by atoms with E-state index >= 15 is 0 Å². The van der Waals surface area contributed by atoms with Crippen molar-refractivity contribution in [3.05, 3.63) is 29.8 Å². The zero-order valence-electron chi connectivity index (χ0n) is 16.4. The fourth-order valence-corrected chi connectivity index (χ4v) is 4.07. The Morgan fingerprint density at radius 1 is 1.25 bits per heavy atom. The predicted molar refractivity (Wildman–Crippen MR) is 102 cm³/mol. The van der Waals surface area contributed by atoms with Gasteiger partial charge in [0.1, 0.15) is 11.5 Å². The SMILES string of the molecule is COCCNC(=O)C1CCCN(C2CCN(C(=O)c3ccc(F)cn3)CC2)C1. The molecule has 28 heavy (non-hydrogen) atoms. The summed E-state index contributed by atoms with van der Waals surface area (Å²) in [5, 5.41) is 2.94. The van der Waals surface area contributed by atoms with Gasteiger partial charge < -0.3 is 15.0 Å². The number of carbonyl (C=O) groups is 2. The summed E-state index contributed by atoms with van der Waals surface area (Å²) < 4.78 is 18.0. The Labute approximate surface area is 165 Å². The summed E-state index contributed by atoms with van der Waals surface area (Å²) >= 11 is 0. The van der Waals surface area contributed by atoms with Crippen molar-refractivity contribution >= 4 is 11.8 Å². The summed E-state index contributed by atoms with van der Waals surface area (Å²) in [6.07, 6.45) is 4.77. The third-order valence-electron chi connectivity index (χ3n) is 5.64. The molecule has 0 aromatic carbocycles. The van der Waals surface area contributed by atoms with Gasteiger partial charge in [0.05, 0.1) is 18.7 Å². The maximum absolute atomic E-state index is 13.0. The maximum Gasteiger partial charge on any atom is 0.272 e. The minimum absolute atomic E-state index is 0.0219. The molecule has 1 N–H and O–H groups in total. The minimum Gasteiger partial charge on any atom is -0.383 e. The third-order valence-corrected chi connectivity index (χ3v) is 5.64. The van der Waals surface area contributed by atoms with E-state index in [1.165, 1.54) is 12.1 Å². The predicted octanol–water partition coefficient (Wildman–Crippen LogP) is 1.30. The Hall–Kier alpha value is -2.06. The summed E-state index contributed by atoms with van der Waals surface area (Å²) in [7, 11) is 1.62. The number of pyridine rings is 1. The van der Waals surface area contributed by atoms with E-state index in [-0.39, 0.29) is 23.4 Å². The molecule has 1 aromatic rings. The molecule has 1 unspecified atom stereocenters. The van der Waals surface area contributed by atoms with Crippen LogP contribution in [0.25, 0.3) is 0 Å². The van der Waals surface area contributed by atoms with Crippen molar-refractivity contribution in [2.75, 3.05) is 46.4 Å². The lowest BCUT2D eigenvalue weighted by atomic mass is 9.93. The number of nitrogens with one attached hydrogen (secondary N) is 1. The zero-order valence-corrected chi connectivity index (χ0v) is 16.4. The number of hydrogen-bond donors (Lipinski definition) is 1. The monoisotopic (exact) mass is 392 g/mol. The number of likely N-dealkylation sites (tertiary alicyclic amines) is 2. The van der Waals surface area contributed by atoms with Crippen molar-refractivity contribution in [1.29, 1.82) is 0 Å². The number of nitrogens with zero attached hydrogens (tertiary/aromatic N) is 3. The van der Waals surface area contributed by atoms with Crippen LogP contribution in [0.15, 0.2) is 18.3 Å². The normalized spacial score (nSPS) is 21.5. The van der Waals surface area contributed by atoms with Crippen molar-refractivity contribution in [2.24, 2.45) is 5.92 Å². The van der Waals surface area contributed by atoms with Gasteiger partial charge in [-0.15, -0.1) is 0 Å². The van der Waals surface area contributed by atoms with Crippen LogP contribution in [0.4, 0.5) is 4.39 Å². The van der Waals surface area contributed by atoms with Gasteiger partial charge in [-0.2, -0.15) is 0 Å². The molecule has 0 saturated carbocycles. The molecular formula is C20H29FN4O3. The number of hydrogen-bond acceptors (Lipinski definition) is 5. The fraction of sp³-hybridized carbons (Fsp3) is 0.650. The Kier molecular flexibility index (Phi) is 7.33. The first-order valence-electron chi connectivity index (χ1n) is 10.00. The Bertz CT molecular complexity index is 662. The smallest absolute Gasteiger partial charge is 0.272 e. The molecular weight excluding hydrogens is 363 g/mol. The second kappa shape index (κ2) is 9.93.